The van der Waals surface area contributed by atoms with Gasteiger partial charge in [0.1, 0.15) is 11.5 Å². The molecule has 0 unspecified atom stereocenters. The molecule has 4 rings (SSSR count). The molecule has 0 spiro atoms. The van der Waals surface area contributed by atoms with E-state index in [0.29, 0.717) is 28.8 Å². The molecular weight excluding hydrogens is 438 g/mol. The van der Waals surface area contributed by atoms with Gasteiger partial charge in [-0.1, -0.05) is 0 Å². The van der Waals surface area contributed by atoms with E-state index in [1.807, 2.05) is 17.9 Å². The van der Waals surface area contributed by atoms with Crippen molar-refractivity contribution < 1.29 is 14.3 Å². The maximum Gasteiger partial charge on any atom is 0.280 e. The maximum atomic E-state index is 13.5. The summed E-state index contributed by atoms with van der Waals surface area (Å²) in [7, 11) is 0. The second kappa shape index (κ2) is 10.2. The largest absolute Gasteiger partial charge is 0.381 e. The topological polar surface area (TPSA) is 96.5 Å². The third kappa shape index (κ3) is 5.35. The van der Waals surface area contributed by atoms with Crippen LogP contribution in [-0.4, -0.2) is 64.6 Å². The summed E-state index contributed by atoms with van der Waals surface area (Å²) in [4.78, 5) is 38.2. The van der Waals surface area contributed by atoms with E-state index in [4.69, 9.17) is 4.74 Å². The van der Waals surface area contributed by atoms with Crippen molar-refractivity contribution in [1.82, 2.24) is 20.2 Å². The molecule has 9 heteroatoms. The number of aryl methyl sites for hydroxylation is 1. The minimum absolute atomic E-state index is 0.0705. The first kappa shape index (κ1) is 23.6. The fourth-order valence-electron chi connectivity index (χ4n) is 4.37. The van der Waals surface area contributed by atoms with Gasteiger partial charge in [-0.15, -0.1) is 11.3 Å². The predicted molar refractivity (Wildman–Crippen MR) is 130 cm³/mol. The smallest absolute Gasteiger partial charge is 0.280 e. The average molecular weight is 472 g/mol. The van der Waals surface area contributed by atoms with E-state index in [2.05, 4.69) is 41.4 Å². The number of rotatable bonds is 6. The number of carbonyl (C=O) groups is 2. The van der Waals surface area contributed by atoms with E-state index in [0.717, 1.165) is 49.2 Å². The van der Waals surface area contributed by atoms with Crippen LogP contribution in [0.5, 0.6) is 0 Å². The second-order valence-corrected chi connectivity index (χ2v) is 10.2. The molecule has 178 valence electrons. The van der Waals surface area contributed by atoms with Crippen LogP contribution >= 0.6 is 11.3 Å². The lowest BCUT2D eigenvalue weighted by Gasteiger charge is -2.22. The second-order valence-electron chi connectivity index (χ2n) is 9.23. The van der Waals surface area contributed by atoms with Gasteiger partial charge in [-0.25, -0.2) is 9.97 Å². The lowest BCUT2D eigenvalue weighted by Crippen LogP contribution is -2.39. The van der Waals surface area contributed by atoms with Crippen LogP contribution in [0.25, 0.3) is 10.4 Å². The molecule has 33 heavy (non-hydrogen) atoms. The molecule has 4 heterocycles. The van der Waals surface area contributed by atoms with Crippen molar-refractivity contribution in [3.63, 3.8) is 0 Å². The third-order valence-electron chi connectivity index (χ3n) is 6.19. The molecule has 0 aliphatic carbocycles. The summed E-state index contributed by atoms with van der Waals surface area (Å²) in [6.45, 7) is 10.2. The van der Waals surface area contributed by atoms with Crippen molar-refractivity contribution in [2.24, 2.45) is 0 Å². The van der Waals surface area contributed by atoms with Crippen LogP contribution in [-0.2, 0) is 4.74 Å². The van der Waals surface area contributed by atoms with Gasteiger partial charge in [0, 0.05) is 49.6 Å². The van der Waals surface area contributed by atoms with E-state index >= 15 is 0 Å². The minimum Gasteiger partial charge on any atom is -0.381 e. The first-order chi connectivity index (χ1) is 15.8. The first-order valence-electron chi connectivity index (χ1n) is 11.8. The number of anilines is 1. The molecule has 2 fully saturated rings. The highest BCUT2D eigenvalue weighted by Crippen LogP contribution is 2.35. The highest BCUT2D eigenvalue weighted by molar-refractivity contribution is 7.17. The highest BCUT2D eigenvalue weighted by atomic mass is 32.1. The predicted octanol–water partition coefficient (Wildman–Crippen LogP) is 3.87. The summed E-state index contributed by atoms with van der Waals surface area (Å²) in [5, 5.41) is 6.69. The van der Waals surface area contributed by atoms with Crippen molar-refractivity contribution in [2.45, 2.75) is 71.5 Å². The summed E-state index contributed by atoms with van der Waals surface area (Å²) in [5.41, 5.74) is 2.17. The van der Waals surface area contributed by atoms with Gasteiger partial charge in [-0.05, 0) is 65.0 Å². The first-order valence-corrected chi connectivity index (χ1v) is 12.6. The number of amides is 2. The van der Waals surface area contributed by atoms with E-state index in [1.165, 1.54) is 11.3 Å². The van der Waals surface area contributed by atoms with Gasteiger partial charge >= 0.3 is 0 Å². The molecule has 0 radical (unpaired) electrons. The lowest BCUT2D eigenvalue weighted by atomic mass is 10.1. The van der Waals surface area contributed by atoms with Crippen molar-refractivity contribution in [3.05, 3.63) is 28.5 Å². The van der Waals surface area contributed by atoms with Crippen molar-refractivity contribution >= 4 is 29.0 Å². The number of thiazole rings is 1. The molecule has 0 saturated carbocycles. The number of nitrogens with zero attached hydrogens (tertiary/aromatic N) is 3. The Balaban J connectivity index is 1.68. The molecule has 0 aromatic carbocycles. The van der Waals surface area contributed by atoms with Gasteiger partial charge in [-0.2, -0.15) is 0 Å². The normalized spacial score (nSPS) is 19.2. The monoisotopic (exact) mass is 471 g/mol. The number of carbonyl (C=O) groups excluding carboxylic acids is 2. The van der Waals surface area contributed by atoms with Crippen LogP contribution in [0, 0.1) is 6.92 Å². The van der Waals surface area contributed by atoms with Crippen molar-refractivity contribution in [3.8, 4) is 10.4 Å². The van der Waals surface area contributed by atoms with Crippen LogP contribution in [0.4, 0.5) is 5.82 Å². The summed E-state index contributed by atoms with van der Waals surface area (Å²) >= 11 is 1.27. The van der Waals surface area contributed by atoms with Gasteiger partial charge in [0.2, 0.25) is 0 Å². The summed E-state index contributed by atoms with van der Waals surface area (Å²) in [5.74, 6) is 0.444. The Morgan fingerprint density at radius 1 is 1.24 bits per heavy atom. The Morgan fingerprint density at radius 3 is 2.64 bits per heavy atom. The number of likely N-dealkylation sites (tertiary alicyclic amines) is 1. The molecule has 2 aromatic rings. The van der Waals surface area contributed by atoms with Gasteiger partial charge in [0.25, 0.3) is 11.8 Å². The Labute approximate surface area is 199 Å². The van der Waals surface area contributed by atoms with Crippen LogP contribution < -0.4 is 10.6 Å². The summed E-state index contributed by atoms with van der Waals surface area (Å²) in [6, 6.07) is 2.48. The molecule has 2 aliphatic rings. The summed E-state index contributed by atoms with van der Waals surface area (Å²) in [6.07, 6.45) is 5.32. The Kier molecular flexibility index (Phi) is 7.29. The third-order valence-corrected chi connectivity index (χ3v) is 7.27. The fraction of sp³-hybridized carbons (Fsp3) is 0.583. The molecule has 1 atom stereocenters. The number of pyridine rings is 1. The van der Waals surface area contributed by atoms with Crippen LogP contribution in [0.3, 0.4) is 0 Å². The standard InChI is InChI=1S/C24H33N5O3S/c1-14(2)26-19-12-15(3)18(13-25-19)21-20(24(31)29-9-5-6-16(29)4)28-23(33-21)22(30)27-17-7-10-32-11-8-17/h12-14,16-17H,5-11H2,1-4H3,(H,25,26)(H,27,30)/t16-/m0/s1. The van der Waals surface area contributed by atoms with Gasteiger partial charge in [0.05, 0.1) is 4.88 Å². The molecule has 2 aromatic heterocycles. The molecule has 2 saturated heterocycles. The molecule has 2 N–H and O–H groups in total. The van der Waals surface area contributed by atoms with E-state index in [1.54, 1.807) is 6.20 Å². The average Bonchev–Trinajstić information content (AvgIpc) is 3.40. The molecule has 8 nitrogen and oxygen atoms in total. The number of aromatic nitrogens is 2. The molecular formula is C24H33N5O3S. The minimum atomic E-state index is -0.231. The molecule has 2 aliphatic heterocycles. The Hall–Kier alpha value is -2.52. The van der Waals surface area contributed by atoms with Crippen molar-refractivity contribution in [1.29, 1.82) is 0 Å². The molecule has 2 amide bonds. The van der Waals surface area contributed by atoms with E-state index < -0.39 is 0 Å². The Morgan fingerprint density at radius 2 is 2.00 bits per heavy atom. The fourth-order valence-corrected chi connectivity index (χ4v) is 5.41. The lowest BCUT2D eigenvalue weighted by molar-refractivity contribution is 0.0696. The highest BCUT2D eigenvalue weighted by Gasteiger charge is 2.32. The van der Waals surface area contributed by atoms with Gasteiger partial charge in [-0.3, -0.25) is 9.59 Å². The number of hydrogen-bond donors (Lipinski definition) is 2. The maximum absolute atomic E-state index is 13.5. The SMILES string of the molecule is Cc1cc(NC(C)C)ncc1-c1sc(C(=O)NC2CCOCC2)nc1C(=O)N1CCC[C@@H]1C. The van der Waals surface area contributed by atoms with Gasteiger partial charge < -0.3 is 20.3 Å². The number of ether oxygens (including phenoxy) is 1. The Bertz CT molecular complexity index is 1020. The van der Waals surface area contributed by atoms with E-state index in [-0.39, 0.29) is 29.9 Å². The van der Waals surface area contributed by atoms with Crippen molar-refractivity contribution in [2.75, 3.05) is 25.1 Å². The zero-order valence-corrected chi connectivity index (χ0v) is 20.6. The zero-order chi connectivity index (χ0) is 23.5. The number of hydrogen-bond acceptors (Lipinski definition) is 7. The summed E-state index contributed by atoms with van der Waals surface area (Å²) < 4.78 is 5.39. The van der Waals surface area contributed by atoms with Gasteiger partial charge in [0.15, 0.2) is 5.01 Å². The molecule has 0 bridgehead atoms. The van der Waals surface area contributed by atoms with Crippen LogP contribution in [0.2, 0.25) is 0 Å². The quantitative estimate of drug-likeness (QED) is 0.664. The zero-order valence-electron chi connectivity index (χ0n) is 19.8. The van der Waals surface area contributed by atoms with Crippen LogP contribution in [0.15, 0.2) is 12.3 Å². The van der Waals surface area contributed by atoms with Crippen LogP contribution in [0.1, 0.15) is 72.3 Å². The number of nitrogens with one attached hydrogen (secondary N) is 2. The van der Waals surface area contributed by atoms with E-state index in [9.17, 15) is 9.59 Å².